The van der Waals surface area contributed by atoms with E-state index in [9.17, 15) is 8.42 Å². The van der Waals surface area contributed by atoms with Gasteiger partial charge >= 0.3 is 0 Å². The Morgan fingerprint density at radius 3 is 2.67 bits per heavy atom. The van der Waals surface area contributed by atoms with E-state index in [0.717, 1.165) is 23.6 Å². The number of rotatable bonds is 4. The first-order chi connectivity index (χ1) is 9.98. The average molecular weight is 304 g/mol. The summed E-state index contributed by atoms with van der Waals surface area (Å²) in [6.07, 6.45) is 3.48. The lowest BCUT2D eigenvalue weighted by Crippen LogP contribution is -2.34. The van der Waals surface area contributed by atoms with Crippen LogP contribution in [0, 0.1) is 5.92 Å². The number of nitrogens with two attached hydrogens (primary N) is 1. The van der Waals surface area contributed by atoms with Gasteiger partial charge in [-0.2, -0.15) is 0 Å². The van der Waals surface area contributed by atoms with Gasteiger partial charge in [-0.25, -0.2) is 12.7 Å². The number of hydrogen-bond donors (Lipinski definition) is 1. The standard InChI is InChI=1S/C16H20N2O2S/c1-18(11-12-4-2-5-12)21(19,20)16-7-3-6-13-10-14(17)8-9-15(13)16/h3,6-10,12H,2,4-5,11,17H2,1H3. The molecule has 4 nitrogen and oxygen atoms in total. The summed E-state index contributed by atoms with van der Waals surface area (Å²) in [5.41, 5.74) is 6.41. The van der Waals surface area contributed by atoms with E-state index in [2.05, 4.69) is 0 Å². The number of nitrogens with zero attached hydrogens (tertiary/aromatic N) is 1. The summed E-state index contributed by atoms with van der Waals surface area (Å²) in [4.78, 5) is 0.363. The van der Waals surface area contributed by atoms with Crippen LogP contribution in [0.25, 0.3) is 10.8 Å². The Bertz CT molecular complexity index is 767. The first-order valence-corrected chi connectivity index (χ1v) is 8.67. The first kappa shape index (κ1) is 14.4. The van der Waals surface area contributed by atoms with Gasteiger partial charge in [0, 0.05) is 24.7 Å². The molecule has 0 aliphatic heterocycles. The van der Waals surface area contributed by atoms with Crippen molar-refractivity contribution in [2.24, 2.45) is 5.92 Å². The molecule has 0 radical (unpaired) electrons. The molecule has 0 atom stereocenters. The van der Waals surface area contributed by atoms with Crippen LogP contribution in [0.15, 0.2) is 41.3 Å². The molecule has 1 aliphatic rings. The molecule has 1 fully saturated rings. The van der Waals surface area contributed by atoms with E-state index in [0.29, 0.717) is 23.0 Å². The molecule has 5 heteroatoms. The Morgan fingerprint density at radius 1 is 1.24 bits per heavy atom. The smallest absolute Gasteiger partial charge is 0.243 e. The molecule has 112 valence electrons. The average Bonchev–Trinajstić information content (AvgIpc) is 2.41. The van der Waals surface area contributed by atoms with Crippen molar-refractivity contribution >= 4 is 26.5 Å². The minimum absolute atomic E-state index is 0.363. The third kappa shape index (κ3) is 2.63. The Hall–Kier alpha value is -1.59. The lowest BCUT2D eigenvalue weighted by Gasteiger charge is -2.29. The summed E-state index contributed by atoms with van der Waals surface area (Å²) in [7, 11) is -1.79. The van der Waals surface area contributed by atoms with Crippen LogP contribution < -0.4 is 5.73 Å². The molecule has 0 heterocycles. The van der Waals surface area contributed by atoms with Gasteiger partial charge in [-0.15, -0.1) is 0 Å². The second kappa shape index (κ2) is 5.31. The summed E-state index contributed by atoms with van der Waals surface area (Å²) in [5.74, 6) is 0.510. The number of sulfonamides is 1. The van der Waals surface area contributed by atoms with E-state index >= 15 is 0 Å². The summed E-state index contributed by atoms with van der Waals surface area (Å²) in [6, 6.07) is 10.7. The molecule has 0 bridgehead atoms. The third-order valence-electron chi connectivity index (χ3n) is 4.29. The van der Waals surface area contributed by atoms with Crippen LogP contribution >= 0.6 is 0 Å². The number of anilines is 1. The van der Waals surface area contributed by atoms with Gasteiger partial charge in [0.2, 0.25) is 10.0 Å². The zero-order chi connectivity index (χ0) is 15.0. The van der Waals surface area contributed by atoms with Crippen molar-refractivity contribution in [3.05, 3.63) is 36.4 Å². The number of nitrogen functional groups attached to an aromatic ring is 1. The van der Waals surface area contributed by atoms with Crippen molar-refractivity contribution < 1.29 is 8.42 Å². The molecule has 0 saturated heterocycles. The summed E-state index contributed by atoms with van der Waals surface area (Å²) < 4.78 is 27.1. The van der Waals surface area contributed by atoms with Crippen LogP contribution in [0.1, 0.15) is 19.3 Å². The van der Waals surface area contributed by atoms with Crippen molar-refractivity contribution in [2.75, 3.05) is 19.3 Å². The molecule has 0 amide bonds. The molecule has 1 saturated carbocycles. The zero-order valence-electron chi connectivity index (χ0n) is 12.1. The lowest BCUT2D eigenvalue weighted by molar-refractivity contribution is 0.263. The molecule has 0 spiro atoms. The first-order valence-electron chi connectivity index (χ1n) is 7.23. The Labute approximate surface area is 125 Å². The van der Waals surface area contributed by atoms with E-state index in [4.69, 9.17) is 5.73 Å². The zero-order valence-corrected chi connectivity index (χ0v) is 12.9. The third-order valence-corrected chi connectivity index (χ3v) is 6.17. The Balaban J connectivity index is 2.01. The predicted octanol–water partition coefficient (Wildman–Crippen LogP) is 2.84. The minimum atomic E-state index is -3.46. The second-order valence-corrected chi connectivity index (χ2v) is 7.83. The summed E-state index contributed by atoms with van der Waals surface area (Å²) in [5, 5.41) is 1.58. The van der Waals surface area contributed by atoms with Crippen LogP contribution in [0.4, 0.5) is 5.69 Å². The molecule has 2 aromatic rings. The SMILES string of the molecule is CN(CC1CCC1)S(=O)(=O)c1cccc2cc(N)ccc12. The fraction of sp³-hybridized carbons (Fsp3) is 0.375. The van der Waals surface area contributed by atoms with Crippen molar-refractivity contribution in [1.82, 2.24) is 4.31 Å². The normalized spacial score (nSPS) is 16.3. The quantitative estimate of drug-likeness (QED) is 0.883. The molecule has 21 heavy (non-hydrogen) atoms. The highest BCUT2D eigenvalue weighted by Crippen LogP contribution is 2.30. The van der Waals surface area contributed by atoms with Gasteiger partial charge < -0.3 is 5.73 Å². The Morgan fingerprint density at radius 2 is 2.00 bits per heavy atom. The van der Waals surface area contributed by atoms with E-state index in [1.54, 1.807) is 37.4 Å². The van der Waals surface area contributed by atoms with E-state index in [1.807, 2.05) is 6.07 Å². The van der Waals surface area contributed by atoms with Gasteiger partial charge in [-0.05, 0) is 42.3 Å². The molecule has 2 aromatic carbocycles. The maximum Gasteiger partial charge on any atom is 0.243 e. The van der Waals surface area contributed by atoms with Gasteiger partial charge in [0.25, 0.3) is 0 Å². The van der Waals surface area contributed by atoms with E-state index in [1.165, 1.54) is 10.7 Å². The van der Waals surface area contributed by atoms with Gasteiger partial charge in [-0.3, -0.25) is 0 Å². The van der Waals surface area contributed by atoms with E-state index < -0.39 is 10.0 Å². The van der Waals surface area contributed by atoms with Gasteiger partial charge in [-0.1, -0.05) is 24.6 Å². The molecule has 0 unspecified atom stereocenters. The summed E-state index contributed by atoms with van der Waals surface area (Å²) >= 11 is 0. The molecular formula is C16H20N2O2S. The second-order valence-electron chi connectivity index (χ2n) is 5.82. The van der Waals surface area contributed by atoms with Gasteiger partial charge in [0.15, 0.2) is 0 Å². The van der Waals surface area contributed by atoms with Crippen molar-refractivity contribution in [2.45, 2.75) is 24.2 Å². The predicted molar refractivity (Wildman–Crippen MR) is 85.5 cm³/mol. The fourth-order valence-corrected chi connectivity index (χ4v) is 4.26. The lowest BCUT2D eigenvalue weighted by atomic mass is 9.86. The molecule has 2 N–H and O–H groups in total. The topological polar surface area (TPSA) is 63.4 Å². The maximum atomic E-state index is 12.8. The van der Waals surface area contributed by atoms with Crippen molar-refractivity contribution in [1.29, 1.82) is 0 Å². The molecule has 0 aromatic heterocycles. The summed E-state index contributed by atoms with van der Waals surface area (Å²) in [6.45, 7) is 0.605. The van der Waals surface area contributed by atoms with E-state index in [-0.39, 0.29) is 0 Å². The highest BCUT2D eigenvalue weighted by atomic mass is 32.2. The fourth-order valence-electron chi connectivity index (χ4n) is 2.80. The van der Waals surface area contributed by atoms with Crippen LogP contribution in [-0.2, 0) is 10.0 Å². The highest BCUT2D eigenvalue weighted by molar-refractivity contribution is 7.89. The highest BCUT2D eigenvalue weighted by Gasteiger charge is 2.27. The molecule has 1 aliphatic carbocycles. The largest absolute Gasteiger partial charge is 0.399 e. The molecule has 3 rings (SSSR count). The van der Waals surface area contributed by atoms with Crippen molar-refractivity contribution in [3.63, 3.8) is 0 Å². The van der Waals surface area contributed by atoms with Crippen LogP contribution in [0.2, 0.25) is 0 Å². The Kier molecular flexibility index (Phi) is 3.63. The van der Waals surface area contributed by atoms with Crippen LogP contribution in [-0.4, -0.2) is 26.3 Å². The number of benzene rings is 2. The van der Waals surface area contributed by atoms with Crippen molar-refractivity contribution in [3.8, 4) is 0 Å². The monoisotopic (exact) mass is 304 g/mol. The maximum absolute atomic E-state index is 12.8. The van der Waals surface area contributed by atoms with Gasteiger partial charge in [0.05, 0.1) is 4.90 Å². The van der Waals surface area contributed by atoms with Crippen LogP contribution in [0.3, 0.4) is 0 Å². The number of hydrogen-bond acceptors (Lipinski definition) is 3. The number of fused-ring (bicyclic) bond motifs is 1. The molecular weight excluding hydrogens is 284 g/mol. The van der Waals surface area contributed by atoms with Gasteiger partial charge in [0.1, 0.15) is 0 Å². The van der Waals surface area contributed by atoms with Crippen LogP contribution in [0.5, 0.6) is 0 Å². The minimum Gasteiger partial charge on any atom is -0.399 e.